The number of ether oxygens (including phenoxy) is 1. The van der Waals surface area contributed by atoms with Crippen molar-refractivity contribution in [3.8, 4) is 5.75 Å². The van der Waals surface area contributed by atoms with Crippen LogP contribution in [-0.4, -0.2) is 47.1 Å². The Morgan fingerprint density at radius 1 is 1.21 bits per heavy atom. The Bertz CT molecular complexity index is 1110. The first-order valence-corrected chi connectivity index (χ1v) is 13.0. The maximum atomic E-state index is 13.0. The lowest BCUT2D eigenvalue weighted by atomic mass is 9.75. The highest BCUT2D eigenvalue weighted by Gasteiger charge is 2.46. The van der Waals surface area contributed by atoms with Crippen LogP contribution in [0.1, 0.15) is 24.1 Å². The van der Waals surface area contributed by atoms with Crippen LogP contribution in [0.25, 0.3) is 0 Å². The second-order valence-corrected chi connectivity index (χ2v) is 10.3. The number of thioether (sulfide) groups is 1. The number of hydrogen-bond acceptors (Lipinski definition) is 5. The smallest absolute Gasteiger partial charge is 0.229 e. The minimum atomic E-state index is 0.0864. The van der Waals surface area contributed by atoms with Crippen LogP contribution < -0.4 is 15.0 Å². The predicted molar refractivity (Wildman–Crippen MR) is 132 cm³/mol. The van der Waals surface area contributed by atoms with Gasteiger partial charge in [0, 0.05) is 41.8 Å². The predicted octanol–water partition coefficient (Wildman–Crippen LogP) is 2.19. The second kappa shape index (κ2) is 10.6. The van der Waals surface area contributed by atoms with Gasteiger partial charge in [-0.1, -0.05) is 41.6 Å². The van der Waals surface area contributed by atoms with E-state index in [1.165, 1.54) is 9.80 Å². The van der Waals surface area contributed by atoms with Gasteiger partial charge in [0.2, 0.25) is 5.91 Å². The van der Waals surface area contributed by atoms with Crippen molar-refractivity contribution in [3.05, 3.63) is 72.1 Å². The van der Waals surface area contributed by atoms with E-state index in [-0.39, 0.29) is 11.8 Å². The molecule has 34 heavy (non-hydrogen) atoms. The van der Waals surface area contributed by atoms with Gasteiger partial charge in [0.1, 0.15) is 11.8 Å². The summed E-state index contributed by atoms with van der Waals surface area (Å²) in [5.74, 6) is 2.34. The molecule has 3 aliphatic rings. The molecule has 1 aromatic heterocycles. The summed E-state index contributed by atoms with van der Waals surface area (Å²) >= 11 is 1.78. The van der Waals surface area contributed by atoms with Crippen molar-refractivity contribution in [2.24, 2.45) is 11.8 Å². The molecule has 2 bridgehead atoms. The fourth-order valence-electron chi connectivity index (χ4n) is 5.37. The van der Waals surface area contributed by atoms with Gasteiger partial charge in [-0.3, -0.25) is 4.79 Å². The lowest BCUT2D eigenvalue weighted by Crippen LogP contribution is -3.20. The number of para-hydroxylation sites is 1. The maximum Gasteiger partial charge on any atom is 0.229 e. The lowest BCUT2D eigenvalue weighted by molar-refractivity contribution is -0.945. The molecule has 4 heterocycles. The normalized spacial score (nSPS) is 23.6. The molecular weight excluding hydrogens is 446 g/mol. The number of piperidine rings is 3. The van der Waals surface area contributed by atoms with Crippen LogP contribution in [0.15, 0.2) is 65.7 Å². The summed E-state index contributed by atoms with van der Waals surface area (Å²) in [5.41, 5.74) is 2.02. The first-order valence-electron chi connectivity index (χ1n) is 12.0. The summed E-state index contributed by atoms with van der Waals surface area (Å²) in [6, 6.07) is 18.7. The number of carbonyl (C=O) groups is 1. The van der Waals surface area contributed by atoms with Crippen LogP contribution in [0.3, 0.4) is 0 Å². The van der Waals surface area contributed by atoms with E-state index < -0.39 is 0 Å². The molecule has 7 nitrogen and oxygen atoms in total. The summed E-state index contributed by atoms with van der Waals surface area (Å²) in [7, 11) is 1.66. The zero-order valence-electron chi connectivity index (χ0n) is 19.5. The zero-order valence-corrected chi connectivity index (χ0v) is 20.3. The number of aromatic nitrogens is 3. The highest BCUT2D eigenvalue weighted by atomic mass is 32.2. The van der Waals surface area contributed by atoms with Crippen molar-refractivity contribution < 1.29 is 14.4 Å². The van der Waals surface area contributed by atoms with E-state index in [1.54, 1.807) is 18.9 Å². The number of quaternary nitrogens is 1. The quantitative estimate of drug-likeness (QED) is 0.462. The van der Waals surface area contributed by atoms with Gasteiger partial charge in [-0.15, -0.1) is 16.9 Å². The Balaban J connectivity index is 1.13. The molecule has 178 valence electrons. The number of benzene rings is 2. The Hall–Kier alpha value is -2.84. The maximum absolute atomic E-state index is 13.0. The third-order valence-electron chi connectivity index (χ3n) is 7.16. The van der Waals surface area contributed by atoms with Gasteiger partial charge >= 0.3 is 0 Å². The van der Waals surface area contributed by atoms with E-state index in [4.69, 9.17) is 4.74 Å². The molecule has 8 heteroatoms. The van der Waals surface area contributed by atoms with Crippen molar-refractivity contribution in [2.75, 3.05) is 20.2 Å². The Kier molecular flexibility index (Phi) is 7.16. The number of fused-ring (bicyclic) bond motifs is 3. The molecule has 0 radical (unpaired) electrons. The van der Waals surface area contributed by atoms with E-state index in [0.29, 0.717) is 18.5 Å². The molecule has 1 unspecified atom stereocenters. The van der Waals surface area contributed by atoms with E-state index in [1.807, 2.05) is 35.0 Å². The molecule has 3 aliphatic heterocycles. The third-order valence-corrected chi connectivity index (χ3v) is 8.20. The molecule has 2 aromatic carbocycles. The highest BCUT2D eigenvalue weighted by Crippen LogP contribution is 2.28. The van der Waals surface area contributed by atoms with Crippen LogP contribution in [0.5, 0.6) is 5.75 Å². The molecule has 3 saturated heterocycles. The van der Waals surface area contributed by atoms with Gasteiger partial charge in [0.15, 0.2) is 0 Å². The van der Waals surface area contributed by atoms with Crippen LogP contribution in [0, 0.1) is 11.8 Å². The third kappa shape index (κ3) is 5.28. The molecule has 0 spiro atoms. The number of hydrogen-bond donors (Lipinski definition) is 2. The lowest BCUT2D eigenvalue weighted by Gasteiger charge is -2.46. The molecular formula is C26H32N5O2S+. The first-order chi connectivity index (χ1) is 16.7. The monoisotopic (exact) mass is 478 g/mol. The van der Waals surface area contributed by atoms with Gasteiger partial charge in [-0.25, -0.2) is 4.68 Å². The molecule has 3 aromatic rings. The largest absolute Gasteiger partial charge is 0.496 e. The topological polar surface area (TPSA) is 73.5 Å². The molecule has 1 amide bonds. The molecule has 6 rings (SSSR count). The minimum absolute atomic E-state index is 0.0864. The van der Waals surface area contributed by atoms with E-state index in [9.17, 15) is 4.79 Å². The molecule has 3 fully saturated rings. The Labute approximate surface area is 204 Å². The van der Waals surface area contributed by atoms with Crippen LogP contribution in [0.4, 0.5) is 0 Å². The van der Waals surface area contributed by atoms with E-state index in [2.05, 4.69) is 46.1 Å². The van der Waals surface area contributed by atoms with Gasteiger partial charge in [0.05, 0.1) is 38.4 Å². The van der Waals surface area contributed by atoms with Gasteiger partial charge in [-0.05, 0) is 24.1 Å². The highest BCUT2D eigenvalue weighted by molar-refractivity contribution is 7.98. The van der Waals surface area contributed by atoms with Crippen molar-refractivity contribution >= 4 is 17.7 Å². The average Bonchev–Trinajstić information content (AvgIpc) is 3.34. The second-order valence-electron chi connectivity index (χ2n) is 9.26. The molecule has 0 aliphatic carbocycles. The summed E-state index contributed by atoms with van der Waals surface area (Å²) in [6.07, 6.45) is 4.27. The summed E-state index contributed by atoms with van der Waals surface area (Å²) in [5, 5.41) is 11.9. The SMILES string of the molecule is COc1ccccc1CNC(=O)[C@H]1C[NH+]2CC[C@@H]1C[C@@H]2Cn1cc(CSc2ccccc2)nn1. The van der Waals surface area contributed by atoms with Gasteiger partial charge in [0.25, 0.3) is 0 Å². The van der Waals surface area contributed by atoms with Crippen molar-refractivity contribution in [1.82, 2.24) is 20.3 Å². The number of nitrogens with one attached hydrogen (secondary N) is 2. The number of methoxy groups -OCH3 is 1. The minimum Gasteiger partial charge on any atom is -0.496 e. The summed E-state index contributed by atoms with van der Waals surface area (Å²) in [6.45, 7) is 3.41. The standard InChI is InChI=1S/C26H31N5O2S/c1-33-25-10-6-5-7-20(25)14-27-26(32)24-17-30-12-11-19(24)13-22(30)16-31-15-21(28-29-31)18-34-23-8-3-2-4-9-23/h2-10,15,19,22,24H,11-14,16-18H2,1H3,(H,27,32)/p+1/t19-,22-,24+/m1/s1. The van der Waals surface area contributed by atoms with Gasteiger partial charge < -0.3 is 15.0 Å². The average molecular weight is 479 g/mol. The molecule has 2 N–H and O–H groups in total. The number of rotatable bonds is 9. The Morgan fingerprint density at radius 2 is 2.03 bits per heavy atom. The number of carbonyl (C=O) groups excluding carboxylic acids is 1. The van der Waals surface area contributed by atoms with E-state index in [0.717, 1.165) is 55.2 Å². The molecule has 0 saturated carbocycles. The fourth-order valence-corrected chi connectivity index (χ4v) is 6.17. The van der Waals surface area contributed by atoms with Crippen molar-refractivity contribution in [2.45, 2.75) is 42.6 Å². The summed E-state index contributed by atoms with van der Waals surface area (Å²) < 4.78 is 7.41. The van der Waals surface area contributed by atoms with Crippen molar-refractivity contribution in [3.63, 3.8) is 0 Å². The number of amides is 1. The first kappa shape index (κ1) is 22.9. The van der Waals surface area contributed by atoms with Gasteiger partial charge in [-0.2, -0.15) is 0 Å². The zero-order chi connectivity index (χ0) is 23.3. The van der Waals surface area contributed by atoms with Crippen LogP contribution >= 0.6 is 11.8 Å². The van der Waals surface area contributed by atoms with Crippen LogP contribution in [-0.2, 0) is 23.6 Å². The summed E-state index contributed by atoms with van der Waals surface area (Å²) in [4.78, 5) is 15.8. The van der Waals surface area contributed by atoms with Crippen LogP contribution in [0.2, 0.25) is 0 Å². The van der Waals surface area contributed by atoms with E-state index >= 15 is 0 Å². The fraction of sp³-hybridized carbons (Fsp3) is 0.423. The van der Waals surface area contributed by atoms with Crippen molar-refractivity contribution in [1.29, 1.82) is 0 Å². The number of nitrogens with zero attached hydrogens (tertiary/aromatic N) is 3. The Morgan fingerprint density at radius 3 is 2.82 bits per heavy atom. The molecule has 4 atom stereocenters.